The van der Waals surface area contributed by atoms with E-state index in [1.165, 1.54) is 6.08 Å². The highest BCUT2D eigenvalue weighted by Crippen LogP contribution is 1.85. The third-order valence-electron chi connectivity index (χ3n) is 1.05. The van der Waals surface area contributed by atoms with Gasteiger partial charge in [-0.25, -0.2) is 4.79 Å². The second-order valence-electron chi connectivity index (χ2n) is 2.01. The molecule has 0 aliphatic rings. The summed E-state index contributed by atoms with van der Waals surface area (Å²) in [5.41, 5.74) is 0. The number of ether oxygens (including phenoxy) is 1. The molecule has 0 heterocycles. The zero-order valence-electron chi connectivity index (χ0n) is 7.04. The Bertz CT molecular complexity index is 157. The molecule has 2 nitrogen and oxygen atoms in total. The lowest BCUT2D eigenvalue weighted by Crippen LogP contribution is -1.99. The van der Waals surface area contributed by atoms with Gasteiger partial charge in [0.15, 0.2) is 0 Å². The second-order valence-corrected chi connectivity index (χ2v) is 2.01. The lowest BCUT2D eigenvalue weighted by Gasteiger charge is -1.94. The van der Waals surface area contributed by atoms with Crippen LogP contribution in [-0.4, -0.2) is 12.6 Å². The fraction of sp³-hybridized carbons (Fsp3) is 0.444. The Morgan fingerprint density at radius 1 is 1.45 bits per heavy atom. The first-order valence-corrected chi connectivity index (χ1v) is 3.75. The Hall–Kier alpha value is -1.05. The van der Waals surface area contributed by atoms with Gasteiger partial charge in [0.05, 0.1) is 0 Å². The van der Waals surface area contributed by atoms with E-state index < -0.39 is 0 Å². The van der Waals surface area contributed by atoms with Crippen molar-refractivity contribution < 1.29 is 9.53 Å². The van der Waals surface area contributed by atoms with Crippen LogP contribution in [-0.2, 0) is 9.53 Å². The summed E-state index contributed by atoms with van der Waals surface area (Å²) in [6.07, 6.45) is 7.72. The Balaban J connectivity index is 3.45. The van der Waals surface area contributed by atoms with Gasteiger partial charge in [0.1, 0.15) is 6.61 Å². The van der Waals surface area contributed by atoms with Gasteiger partial charge in [0, 0.05) is 6.08 Å². The fourth-order valence-corrected chi connectivity index (χ4v) is 0.489. The van der Waals surface area contributed by atoms with Gasteiger partial charge in [-0.1, -0.05) is 25.2 Å². The summed E-state index contributed by atoms with van der Waals surface area (Å²) >= 11 is 0. The number of rotatable bonds is 4. The molecule has 0 amide bonds. The SMILES string of the molecule is CC=CCOC(=O)C=CCC. The van der Waals surface area contributed by atoms with Gasteiger partial charge in [-0.2, -0.15) is 0 Å². The highest BCUT2D eigenvalue weighted by atomic mass is 16.5. The van der Waals surface area contributed by atoms with Crippen molar-refractivity contribution in [1.82, 2.24) is 0 Å². The van der Waals surface area contributed by atoms with Gasteiger partial charge in [-0.3, -0.25) is 0 Å². The molecule has 0 aliphatic heterocycles. The number of allylic oxidation sites excluding steroid dienone is 2. The number of hydrogen-bond acceptors (Lipinski definition) is 2. The minimum Gasteiger partial charge on any atom is -0.458 e. The molecule has 0 aromatic rings. The molecule has 0 atom stereocenters. The molecule has 0 fully saturated rings. The first-order valence-electron chi connectivity index (χ1n) is 3.75. The van der Waals surface area contributed by atoms with Crippen molar-refractivity contribution in [2.24, 2.45) is 0 Å². The van der Waals surface area contributed by atoms with Gasteiger partial charge in [0.2, 0.25) is 0 Å². The van der Waals surface area contributed by atoms with Crippen LogP contribution in [0.5, 0.6) is 0 Å². The summed E-state index contributed by atoms with van der Waals surface area (Å²) in [6, 6.07) is 0. The highest BCUT2D eigenvalue weighted by molar-refractivity contribution is 5.81. The molecule has 0 spiro atoms. The Labute approximate surface area is 67.6 Å². The van der Waals surface area contributed by atoms with Crippen LogP contribution in [0.1, 0.15) is 20.3 Å². The van der Waals surface area contributed by atoms with Crippen LogP contribution < -0.4 is 0 Å². The average molecular weight is 154 g/mol. The zero-order chi connectivity index (χ0) is 8.53. The van der Waals surface area contributed by atoms with Crippen LogP contribution >= 0.6 is 0 Å². The smallest absolute Gasteiger partial charge is 0.330 e. The maximum Gasteiger partial charge on any atom is 0.330 e. The average Bonchev–Trinajstić information content (AvgIpc) is 2.01. The molecule has 0 saturated carbocycles. The van der Waals surface area contributed by atoms with Gasteiger partial charge in [0.25, 0.3) is 0 Å². The van der Waals surface area contributed by atoms with E-state index >= 15 is 0 Å². The van der Waals surface area contributed by atoms with Crippen LogP contribution in [0.2, 0.25) is 0 Å². The minimum absolute atomic E-state index is 0.273. The van der Waals surface area contributed by atoms with E-state index in [1.54, 1.807) is 12.2 Å². The van der Waals surface area contributed by atoms with Crippen molar-refractivity contribution in [1.29, 1.82) is 0 Å². The van der Waals surface area contributed by atoms with E-state index in [1.807, 2.05) is 19.9 Å². The Morgan fingerprint density at radius 2 is 2.18 bits per heavy atom. The normalized spacial score (nSPS) is 11.1. The van der Waals surface area contributed by atoms with E-state index in [0.29, 0.717) is 6.61 Å². The topological polar surface area (TPSA) is 26.3 Å². The molecule has 0 unspecified atom stereocenters. The largest absolute Gasteiger partial charge is 0.458 e. The van der Waals surface area contributed by atoms with Crippen LogP contribution in [0.15, 0.2) is 24.3 Å². The summed E-state index contributed by atoms with van der Waals surface area (Å²) < 4.78 is 4.77. The first kappa shape index (κ1) is 9.95. The molecule has 2 heteroatoms. The quantitative estimate of drug-likeness (QED) is 0.352. The van der Waals surface area contributed by atoms with Crippen molar-refractivity contribution in [3.8, 4) is 0 Å². The zero-order valence-corrected chi connectivity index (χ0v) is 7.04. The minimum atomic E-state index is -0.273. The third kappa shape index (κ3) is 6.84. The summed E-state index contributed by atoms with van der Waals surface area (Å²) in [5.74, 6) is -0.273. The van der Waals surface area contributed by atoms with E-state index in [2.05, 4.69) is 0 Å². The van der Waals surface area contributed by atoms with E-state index in [9.17, 15) is 4.79 Å². The van der Waals surface area contributed by atoms with Crippen molar-refractivity contribution in [2.75, 3.05) is 6.61 Å². The predicted molar refractivity (Wildman–Crippen MR) is 45.2 cm³/mol. The predicted octanol–water partition coefficient (Wildman–Crippen LogP) is 2.07. The van der Waals surface area contributed by atoms with E-state index in [4.69, 9.17) is 4.74 Å². The highest BCUT2D eigenvalue weighted by Gasteiger charge is 1.90. The molecule has 11 heavy (non-hydrogen) atoms. The molecule has 0 radical (unpaired) electrons. The molecule has 0 aliphatic carbocycles. The van der Waals surface area contributed by atoms with Crippen molar-refractivity contribution >= 4 is 5.97 Å². The van der Waals surface area contributed by atoms with Crippen molar-refractivity contribution in [2.45, 2.75) is 20.3 Å². The van der Waals surface area contributed by atoms with Gasteiger partial charge < -0.3 is 4.74 Å². The lowest BCUT2D eigenvalue weighted by atomic mass is 10.4. The van der Waals surface area contributed by atoms with Crippen molar-refractivity contribution in [3.05, 3.63) is 24.3 Å². The molecule has 0 aromatic carbocycles. The molecule has 0 aromatic heterocycles. The fourth-order valence-electron chi connectivity index (χ4n) is 0.489. The standard InChI is InChI=1S/C9H14O2/c1-3-5-7-9(10)11-8-6-4-2/h4-7H,3,8H2,1-2H3. The Kier molecular flexibility index (Phi) is 6.39. The van der Waals surface area contributed by atoms with Gasteiger partial charge in [-0.05, 0) is 13.3 Å². The van der Waals surface area contributed by atoms with Gasteiger partial charge >= 0.3 is 5.97 Å². The second kappa shape index (κ2) is 7.06. The molecule has 62 valence electrons. The van der Waals surface area contributed by atoms with Crippen LogP contribution in [0.25, 0.3) is 0 Å². The van der Waals surface area contributed by atoms with Crippen LogP contribution in [0.3, 0.4) is 0 Å². The lowest BCUT2D eigenvalue weighted by molar-refractivity contribution is -0.136. The third-order valence-corrected chi connectivity index (χ3v) is 1.05. The van der Waals surface area contributed by atoms with E-state index in [-0.39, 0.29) is 5.97 Å². The summed E-state index contributed by atoms with van der Waals surface area (Å²) in [4.78, 5) is 10.7. The number of esters is 1. The summed E-state index contributed by atoms with van der Waals surface area (Å²) in [7, 11) is 0. The number of carbonyl (C=O) groups excluding carboxylic acids is 1. The summed E-state index contributed by atoms with van der Waals surface area (Å²) in [5, 5.41) is 0. The molecule has 0 N–H and O–H groups in total. The molecule has 0 rings (SSSR count). The maximum atomic E-state index is 10.7. The molecule has 0 bridgehead atoms. The van der Waals surface area contributed by atoms with Crippen LogP contribution in [0, 0.1) is 0 Å². The molecule has 0 saturated heterocycles. The summed E-state index contributed by atoms with van der Waals surface area (Å²) in [6.45, 7) is 4.22. The number of carbonyl (C=O) groups is 1. The Morgan fingerprint density at radius 3 is 2.73 bits per heavy atom. The van der Waals surface area contributed by atoms with Crippen LogP contribution in [0.4, 0.5) is 0 Å². The monoisotopic (exact) mass is 154 g/mol. The van der Waals surface area contributed by atoms with Gasteiger partial charge in [-0.15, -0.1) is 0 Å². The molecular weight excluding hydrogens is 140 g/mol. The number of hydrogen-bond donors (Lipinski definition) is 0. The first-order chi connectivity index (χ1) is 5.31. The molecular formula is C9H14O2. The maximum absolute atomic E-state index is 10.7. The van der Waals surface area contributed by atoms with E-state index in [0.717, 1.165) is 6.42 Å². The van der Waals surface area contributed by atoms with Crippen molar-refractivity contribution in [3.63, 3.8) is 0 Å².